The Morgan fingerprint density at radius 3 is 3.04 bits per heavy atom. The number of carbonyl (C=O) groups excluding carboxylic acids is 1. The van der Waals surface area contributed by atoms with Crippen LogP contribution >= 0.6 is 11.8 Å². The Morgan fingerprint density at radius 2 is 2.31 bits per heavy atom. The quantitative estimate of drug-likeness (QED) is 0.556. The number of nitrogens with zero attached hydrogens (tertiary/aromatic N) is 3. The number of hydrogen-bond donors (Lipinski definition) is 2. The number of nitrogens with one attached hydrogen (secondary N) is 1. The van der Waals surface area contributed by atoms with E-state index >= 15 is 0 Å². The molecule has 1 saturated heterocycles. The summed E-state index contributed by atoms with van der Waals surface area (Å²) in [7, 11) is 1.59. The van der Waals surface area contributed by atoms with Crippen LogP contribution in [0.25, 0.3) is 11.4 Å². The highest BCUT2D eigenvalue weighted by molar-refractivity contribution is 8.00. The molecule has 3 rings (SSSR count). The molecular formula is C17H23N5O3S. The van der Waals surface area contributed by atoms with Crippen LogP contribution in [0, 0.1) is 0 Å². The van der Waals surface area contributed by atoms with E-state index < -0.39 is 0 Å². The average Bonchev–Trinajstić information content (AvgIpc) is 3.30. The highest BCUT2D eigenvalue weighted by atomic mass is 32.2. The van der Waals surface area contributed by atoms with Gasteiger partial charge in [-0.05, 0) is 31.9 Å². The SMILES string of the molecule is COc1ccccc1-c1nnc(S[C@@H](C)C(=O)NC[C@H]2CCCO2)n1N. The van der Waals surface area contributed by atoms with Crippen LogP contribution in [-0.2, 0) is 9.53 Å². The van der Waals surface area contributed by atoms with E-state index in [0.717, 1.165) is 25.0 Å². The number of nitrogen functional groups attached to an aromatic ring is 1. The van der Waals surface area contributed by atoms with Gasteiger partial charge in [0.15, 0.2) is 5.82 Å². The molecule has 0 unspecified atom stereocenters. The van der Waals surface area contributed by atoms with Gasteiger partial charge in [-0.15, -0.1) is 10.2 Å². The number of nitrogens with two attached hydrogens (primary N) is 1. The van der Waals surface area contributed by atoms with Gasteiger partial charge in [-0.1, -0.05) is 23.9 Å². The van der Waals surface area contributed by atoms with Crippen LogP contribution in [0.3, 0.4) is 0 Å². The molecule has 26 heavy (non-hydrogen) atoms. The molecule has 1 aliphatic heterocycles. The normalized spacial score (nSPS) is 17.8. The van der Waals surface area contributed by atoms with Gasteiger partial charge in [-0.25, -0.2) is 4.68 Å². The van der Waals surface area contributed by atoms with Crippen LogP contribution in [0.15, 0.2) is 29.4 Å². The first-order valence-electron chi connectivity index (χ1n) is 8.50. The number of carbonyl (C=O) groups is 1. The average molecular weight is 377 g/mol. The minimum atomic E-state index is -0.353. The van der Waals surface area contributed by atoms with Gasteiger partial charge in [0.25, 0.3) is 0 Å². The van der Waals surface area contributed by atoms with Crippen LogP contribution in [0.4, 0.5) is 0 Å². The molecular weight excluding hydrogens is 354 g/mol. The van der Waals surface area contributed by atoms with Gasteiger partial charge >= 0.3 is 0 Å². The largest absolute Gasteiger partial charge is 0.496 e. The first kappa shape index (κ1) is 18.5. The minimum absolute atomic E-state index is 0.0765. The van der Waals surface area contributed by atoms with Crippen LogP contribution in [0.2, 0.25) is 0 Å². The predicted octanol–water partition coefficient (Wildman–Crippen LogP) is 1.44. The Morgan fingerprint density at radius 1 is 1.50 bits per heavy atom. The summed E-state index contributed by atoms with van der Waals surface area (Å²) in [5.74, 6) is 7.21. The number of ether oxygens (including phenoxy) is 2. The van der Waals surface area contributed by atoms with Crippen molar-refractivity contribution < 1.29 is 14.3 Å². The van der Waals surface area contributed by atoms with E-state index in [2.05, 4.69) is 15.5 Å². The molecule has 0 radical (unpaired) electrons. The summed E-state index contributed by atoms with van der Waals surface area (Å²) in [6, 6.07) is 7.44. The van der Waals surface area contributed by atoms with E-state index in [-0.39, 0.29) is 17.3 Å². The molecule has 140 valence electrons. The van der Waals surface area contributed by atoms with Crippen molar-refractivity contribution in [1.29, 1.82) is 0 Å². The number of methoxy groups -OCH3 is 1. The van der Waals surface area contributed by atoms with Gasteiger partial charge in [0, 0.05) is 13.2 Å². The van der Waals surface area contributed by atoms with Gasteiger partial charge in [0.1, 0.15) is 5.75 Å². The number of hydrogen-bond acceptors (Lipinski definition) is 7. The van der Waals surface area contributed by atoms with E-state index in [1.165, 1.54) is 16.4 Å². The fourth-order valence-corrected chi connectivity index (χ4v) is 3.54. The smallest absolute Gasteiger partial charge is 0.233 e. The summed E-state index contributed by atoms with van der Waals surface area (Å²) < 4.78 is 12.2. The molecule has 1 amide bonds. The Bertz CT molecular complexity index is 761. The summed E-state index contributed by atoms with van der Waals surface area (Å²) in [6.45, 7) is 3.12. The van der Waals surface area contributed by atoms with E-state index in [4.69, 9.17) is 15.3 Å². The summed E-state index contributed by atoms with van der Waals surface area (Å²) in [5, 5.41) is 11.3. The zero-order valence-electron chi connectivity index (χ0n) is 14.8. The third-order valence-electron chi connectivity index (χ3n) is 4.19. The standard InChI is InChI=1S/C17H23N5O3S/c1-11(16(23)19-10-12-6-5-9-25-12)26-17-21-20-15(22(17)18)13-7-3-4-8-14(13)24-2/h3-4,7-8,11-12H,5-6,9-10,18H2,1-2H3,(H,19,23)/t11-,12+/m0/s1. The molecule has 3 N–H and O–H groups in total. The van der Waals surface area contributed by atoms with Crippen molar-refractivity contribution >= 4 is 17.7 Å². The molecule has 0 spiro atoms. The molecule has 1 aliphatic rings. The topological polar surface area (TPSA) is 104 Å². The molecule has 2 atom stereocenters. The molecule has 8 nitrogen and oxygen atoms in total. The number of rotatable bonds is 7. The maximum atomic E-state index is 12.3. The number of thioether (sulfide) groups is 1. The van der Waals surface area contributed by atoms with Crippen LogP contribution in [0.5, 0.6) is 5.75 Å². The highest BCUT2D eigenvalue weighted by Crippen LogP contribution is 2.30. The van der Waals surface area contributed by atoms with Crippen molar-refractivity contribution in [2.45, 2.75) is 36.3 Å². The zero-order chi connectivity index (χ0) is 18.5. The third kappa shape index (κ3) is 4.10. The van der Waals surface area contributed by atoms with Crippen molar-refractivity contribution in [3.8, 4) is 17.1 Å². The number of para-hydroxylation sites is 1. The minimum Gasteiger partial charge on any atom is -0.496 e. The van der Waals surface area contributed by atoms with Gasteiger partial charge in [-0.3, -0.25) is 4.79 Å². The van der Waals surface area contributed by atoms with Gasteiger partial charge in [0.05, 0.1) is 24.0 Å². The van der Waals surface area contributed by atoms with Gasteiger partial charge < -0.3 is 20.6 Å². The maximum absolute atomic E-state index is 12.3. The lowest BCUT2D eigenvalue weighted by Gasteiger charge is -2.14. The van der Waals surface area contributed by atoms with Crippen molar-refractivity contribution in [3.63, 3.8) is 0 Å². The molecule has 0 saturated carbocycles. The van der Waals surface area contributed by atoms with E-state index in [1.807, 2.05) is 31.2 Å². The summed E-state index contributed by atoms with van der Waals surface area (Å²) in [4.78, 5) is 12.3. The Hall–Kier alpha value is -2.26. The van der Waals surface area contributed by atoms with E-state index in [1.54, 1.807) is 7.11 Å². The molecule has 2 heterocycles. The summed E-state index contributed by atoms with van der Waals surface area (Å²) >= 11 is 1.26. The predicted molar refractivity (Wildman–Crippen MR) is 99.5 cm³/mol. The highest BCUT2D eigenvalue weighted by Gasteiger charge is 2.22. The monoisotopic (exact) mass is 377 g/mol. The summed E-state index contributed by atoms with van der Waals surface area (Å²) in [5.41, 5.74) is 0.743. The van der Waals surface area contributed by atoms with Crippen molar-refractivity contribution in [3.05, 3.63) is 24.3 Å². The lowest BCUT2D eigenvalue weighted by molar-refractivity contribution is -0.120. The Kier molecular flexibility index (Phi) is 6.00. The Labute approximate surface area is 156 Å². The first-order chi connectivity index (χ1) is 12.6. The molecule has 0 aliphatic carbocycles. The molecule has 2 aromatic rings. The third-order valence-corrected chi connectivity index (χ3v) is 5.25. The van der Waals surface area contributed by atoms with Crippen molar-refractivity contribution in [1.82, 2.24) is 20.2 Å². The van der Waals surface area contributed by atoms with Crippen LogP contribution < -0.4 is 15.9 Å². The molecule has 0 bridgehead atoms. The molecule has 1 aromatic carbocycles. The second-order valence-electron chi connectivity index (χ2n) is 6.02. The van der Waals surface area contributed by atoms with E-state index in [9.17, 15) is 4.79 Å². The van der Waals surface area contributed by atoms with Crippen molar-refractivity contribution in [2.75, 3.05) is 26.1 Å². The van der Waals surface area contributed by atoms with Gasteiger partial charge in [-0.2, -0.15) is 0 Å². The lowest BCUT2D eigenvalue weighted by atomic mass is 10.2. The van der Waals surface area contributed by atoms with Crippen molar-refractivity contribution in [2.24, 2.45) is 0 Å². The molecule has 1 aromatic heterocycles. The zero-order valence-corrected chi connectivity index (χ0v) is 15.7. The number of benzene rings is 1. The van der Waals surface area contributed by atoms with Gasteiger partial charge in [0.2, 0.25) is 11.1 Å². The van der Waals surface area contributed by atoms with E-state index in [0.29, 0.717) is 23.3 Å². The second kappa shape index (κ2) is 8.41. The van der Waals surface area contributed by atoms with Crippen LogP contribution in [-0.4, -0.2) is 52.4 Å². The summed E-state index contributed by atoms with van der Waals surface area (Å²) in [6.07, 6.45) is 2.15. The Balaban J connectivity index is 1.64. The lowest BCUT2D eigenvalue weighted by Crippen LogP contribution is -2.36. The second-order valence-corrected chi connectivity index (χ2v) is 7.32. The maximum Gasteiger partial charge on any atom is 0.233 e. The fraction of sp³-hybridized carbons (Fsp3) is 0.471. The molecule has 1 fully saturated rings. The van der Waals surface area contributed by atoms with Crippen LogP contribution in [0.1, 0.15) is 19.8 Å². The molecule has 9 heteroatoms. The fourth-order valence-electron chi connectivity index (χ4n) is 2.75. The number of amides is 1. The first-order valence-corrected chi connectivity index (χ1v) is 9.38. The number of aromatic nitrogens is 3.